The van der Waals surface area contributed by atoms with E-state index >= 15 is 0 Å². The first-order valence-electron chi connectivity index (χ1n) is 10.1. The number of benzene rings is 2. The predicted molar refractivity (Wildman–Crippen MR) is 118 cm³/mol. The van der Waals surface area contributed by atoms with Gasteiger partial charge in [0, 0.05) is 31.2 Å². The third kappa shape index (κ3) is 3.68. The first-order chi connectivity index (χ1) is 14.5. The highest BCUT2D eigenvalue weighted by atomic mass is 35.5. The molecule has 2 aromatic rings. The van der Waals surface area contributed by atoms with Crippen molar-refractivity contribution in [1.82, 2.24) is 9.80 Å². The zero-order valence-electron chi connectivity index (χ0n) is 17.1. The number of carbonyl (C=O) groups excluding carboxylic acids is 2. The summed E-state index contributed by atoms with van der Waals surface area (Å²) < 4.78 is 5.70. The highest BCUT2D eigenvalue weighted by molar-refractivity contribution is 6.45. The lowest BCUT2D eigenvalue weighted by Crippen LogP contribution is -2.46. The van der Waals surface area contributed by atoms with E-state index in [1.165, 1.54) is 4.90 Å². The number of para-hydroxylation sites is 2. The van der Waals surface area contributed by atoms with Crippen molar-refractivity contribution in [3.8, 4) is 5.75 Å². The molecule has 30 heavy (non-hydrogen) atoms. The number of carbonyl (C=O) groups is 2. The number of likely N-dealkylation sites (N-methyl/N-ethyl adjacent to an activating group) is 1. The number of amides is 2. The van der Waals surface area contributed by atoms with Gasteiger partial charge < -0.3 is 14.5 Å². The fraction of sp³-hybridized carbons (Fsp3) is 0.304. The molecule has 4 rings (SSSR count). The summed E-state index contributed by atoms with van der Waals surface area (Å²) in [5, 5.41) is 0.579. The number of piperazine rings is 1. The van der Waals surface area contributed by atoms with Crippen LogP contribution in [-0.2, 0) is 9.59 Å². The van der Waals surface area contributed by atoms with Gasteiger partial charge >= 0.3 is 0 Å². The van der Waals surface area contributed by atoms with E-state index in [2.05, 4.69) is 11.9 Å². The highest BCUT2D eigenvalue weighted by Crippen LogP contribution is 2.39. The van der Waals surface area contributed by atoms with Gasteiger partial charge in [0.1, 0.15) is 11.4 Å². The quantitative estimate of drug-likeness (QED) is 0.688. The van der Waals surface area contributed by atoms with E-state index in [0.717, 1.165) is 13.1 Å². The Labute approximate surface area is 181 Å². The van der Waals surface area contributed by atoms with Crippen LogP contribution in [0.2, 0.25) is 5.02 Å². The van der Waals surface area contributed by atoms with Crippen molar-refractivity contribution >= 4 is 34.7 Å². The molecule has 0 bridgehead atoms. The SMILES string of the molecule is CCOc1ccccc1N1C(=O)C(c2ccc(Cl)cc2)=C(N2CCN(C)CC2)C1=O. The number of imide groups is 1. The maximum absolute atomic E-state index is 13.6. The van der Waals surface area contributed by atoms with Crippen LogP contribution in [-0.4, -0.2) is 61.4 Å². The monoisotopic (exact) mass is 425 g/mol. The van der Waals surface area contributed by atoms with Gasteiger partial charge in [-0.2, -0.15) is 0 Å². The summed E-state index contributed by atoms with van der Waals surface area (Å²) in [6.45, 7) is 5.34. The summed E-state index contributed by atoms with van der Waals surface area (Å²) in [5.41, 5.74) is 2.00. The van der Waals surface area contributed by atoms with Crippen molar-refractivity contribution < 1.29 is 14.3 Å². The van der Waals surface area contributed by atoms with Crippen LogP contribution in [0.25, 0.3) is 5.57 Å². The number of nitrogens with zero attached hydrogens (tertiary/aromatic N) is 3. The lowest BCUT2D eigenvalue weighted by atomic mass is 10.0. The Hall–Kier alpha value is -2.83. The van der Waals surface area contributed by atoms with Gasteiger partial charge in [0.05, 0.1) is 17.9 Å². The molecule has 2 aliphatic rings. The summed E-state index contributed by atoms with van der Waals surface area (Å²) in [6.07, 6.45) is 0. The Morgan fingerprint density at radius 1 is 0.933 bits per heavy atom. The number of hydrogen-bond donors (Lipinski definition) is 0. The molecular formula is C23H24ClN3O3. The van der Waals surface area contributed by atoms with E-state index in [0.29, 0.717) is 53.0 Å². The standard InChI is InChI=1S/C23H24ClN3O3/c1-3-30-19-7-5-4-6-18(19)27-22(28)20(16-8-10-17(24)11-9-16)21(23(27)29)26-14-12-25(2)13-15-26/h4-11H,3,12-15H2,1-2H3. The number of halogens is 1. The van der Waals surface area contributed by atoms with Gasteiger partial charge in [0.15, 0.2) is 0 Å². The second-order valence-electron chi connectivity index (χ2n) is 7.37. The lowest BCUT2D eigenvalue weighted by molar-refractivity contribution is -0.120. The average Bonchev–Trinajstić information content (AvgIpc) is 3.00. The largest absolute Gasteiger partial charge is 0.492 e. The van der Waals surface area contributed by atoms with Crippen molar-refractivity contribution in [2.24, 2.45) is 0 Å². The fourth-order valence-corrected chi connectivity index (χ4v) is 3.98. The predicted octanol–water partition coefficient (Wildman–Crippen LogP) is 3.27. The number of rotatable bonds is 5. The van der Waals surface area contributed by atoms with Crippen LogP contribution in [0.1, 0.15) is 12.5 Å². The van der Waals surface area contributed by atoms with Crippen LogP contribution in [0, 0.1) is 0 Å². The number of hydrogen-bond acceptors (Lipinski definition) is 5. The Bertz CT molecular complexity index is 995. The Morgan fingerprint density at radius 3 is 2.27 bits per heavy atom. The third-order valence-electron chi connectivity index (χ3n) is 5.42. The Balaban J connectivity index is 1.81. The summed E-state index contributed by atoms with van der Waals surface area (Å²) in [4.78, 5) is 32.7. The smallest absolute Gasteiger partial charge is 0.282 e. The molecule has 0 saturated carbocycles. The van der Waals surface area contributed by atoms with Crippen molar-refractivity contribution in [2.75, 3.05) is 44.7 Å². The van der Waals surface area contributed by atoms with E-state index in [4.69, 9.17) is 16.3 Å². The average molecular weight is 426 g/mol. The second kappa shape index (κ2) is 8.50. The minimum Gasteiger partial charge on any atom is -0.492 e. The molecule has 0 spiro atoms. The molecule has 2 aromatic carbocycles. The van der Waals surface area contributed by atoms with Gasteiger partial charge in [-0.3, -0.25) is 9.59 Å². The summed E-state index contributed by atoms with van der Waals surface area (Å²) in [5.74, 6) is -0.151. The minimum atomic E-state index is -0.344. The molecule has 0 unspecified atom stereocenters. The van der Waals surface area contributed by atoms with Crippen LogP contribution in [0.3, 0.4) is 0 Å². The maximum Gasteiger partial charge on any atom is 0.282 e. The van der Waals surface area contributed by atoms with Gasteiger partial charge in [-0.25, -0.2) is 4.90 Å². The summed E-state index contributed by atoms with van der Waals surface area (Å²) in [6, 6.07) is 14.2. The van der Waals surface area contributed by atoms with Crippen molar-refractivity contribution in [1.29, 1.82) is 0 Å². The molecule has 2 aliphatic heterocycles. The first-order valence-corrected chi connectivity index (χ1v) is 10.4. The van der Waals surface area contributed by atoms with Crippen LogP contribution in [0.5, 0.6) is 5.75 Å². The molecule has 0 atom stereocenters. The molecule has 0 aromatic heterocycles. The molecule has 6 nitrogen and oxygen atoms in total. The first kappa shape index (κ1) is 20.4. The van der Waals surface area contributed by atoms with E-state index in [9.17, 15) is 9.59 Å². The van der Waals surface area contributed by atoms with E-state index < -0.39 is 0 Å². The number of anilines is 1. The molecule has 156 valence electrons. The lowest BCUT2D eigenvalue weighted by Gasteiger charge is -2.34. The van der Waals surface area contributed by atoms with Crippen LogP contribution < -0.4 is 9.64 Å². The van der Waals surface area contributed by atoms with E-state index in [-0.39, 0.29) is 11.8 Å². The molecule has 2 heterocycles. The zero-order valence-corrected chi connectivity index (χ0v) is 17.9. The van der Waals surface area contributed by atoms with Crippen LogP contribution >= 0.6 is 11.6 Å². The normalized spacial score (nSPS) is 17.8. The molecule has 1 fully saturated rings. The Kier molecular flexibility index (Phi) is 5.79. The van der Waals surface area contributed by atoms with E-state index in [1.807, 2.05) is 17.9 Å². The molecule has 1 saturated heterocycles. The van der Waals surface area contributed by atoms with Crippen molar-refractivity contribution in [2.45, 2.75) is 6.92 Å². The molecule has 0 aliphatic carbocycles. The fourth-order valence-electron chi connectivity index (χ4n) is 3.86. The zero-order chi connectivity index (χ0) is 21.3. The molecule has 0 N–H and O–H groups in total. The van der Waals surface area contributed by atoms with E-state index in [1.54, 1.807) is 42.5 Å². The van der Waals surface area contributed by atoms with Gasteiger partial charge in [-0.15, -0.1) is 0 Å². The topological polar surface area (TPSA) is 53.1 Å². The van der Waals surface area contributed by atoms with Gasteiger partial charge in [-0.05, 0) is 43.8 Å². The molecule has 0 radical (unpaired) electrons. The third-order valence-corrected chi connectivity index (χ3v) is 5.67. The van der Waals surface area contributed by atoms with Gasteiger partial charge in [0.25, 0.3) is 11.8 Å². The molecule has 7 heteroatoms. The second-order valence-corrected chi connectivity index (χ2v) is 7.80. The van der Waals surface area contributed by atoms with Gasteiger partial charge in [0.2, 0.25) is 0 Å². The summed E-state index contributed by atoms with van der Waals surface area (Å²) in [7, 11) is 2.05. The molecule has 2 amide bonds. The molecular weight excluding hydrogens is 402 g/mol. The van der Waals surface area contributed by atoms with Crippen LogP contribution in [0.4, 0.5) is 5.69 Å². The van der Waals surface area contributed by atoms with Crippen LogP contribution in [0.15, 0.2) is 54.2 Å². The minimum absolute atomic E-state index is 0.318. The van der Waals surface area contributed by atoms with Crippen molar-refractivity contribution in [3.05, 3.63) is 64.8 Å². The van der Waals surface area contributed by atoms with Gasteiger partial charge in [-0.1, -0.05) is 35.9 Å². The summed E-state index contributed by atoms with van der Waals surface area (Å²) >= 11 is 6.05. The highest BCUT2D eigenvalue weighted by Gasteiger charge is 2.43. The number of ether oxygens (including phenoxy) is 1. The maximum atomic E-state index is 13.6. The van der Waals surface area contributed by atoms with Crippen molar-refractivity contribution in [3.63, 3.8) is 0 Å². The Morgan fingerprint density at radius 2 is 1.60 bits per heavy atom.